The van der Waals surface area contributed by atoms with Gasteiger partial charge in [-0.15, -0.1) is 0 Å². The predicted molar refractivity (Wildman–Crippen MR) is 93.6 cm³/mol. The first-order valence-electron chi connectivity index (χ1n) is 8.19. The number of ether oxygens (including phenoxy) is 2. The normalized spacial score (nSPS) is 16.3. The lowest BCUT2D eigenvalue weighted by Gasteiger charge is -2.21. The van der Waals surface area contributed by atoms with E-state index in [1.165, 1.54) is 17.0 Å². The number of hydrogen-bond acceptors (Lipinski definition) is 5. The van der Waals surface area contributed by atoms with Crippen LogP contribution >= 0.6 is 0 Å². The van der Waals surface area contributed by atoms with Crippen LogP contribution in [0.3, 0.4) is 0 Å². The average molecular weight is 356 g/mol. The summed E-state index contributed by atoms with van der Waals surface area (Å²) in [7, 11) is 1.58. The number of cyclic esters (lactones) is 1. The summed E-state index contributed by atoms with van der Waals surface area (Å²) in [5, 5.41) is 12.2. The number of carbonyl (C=O) groups excluding carboxylic acids is 2. The zero-order chi connectivity index (χ0) is 18.5. The molecule has 0 spiro atoms. The third-order valence-corrected chi connectivity index (χ3v) is 4.17. The Labute approximate surface area is 151 Å². The SMILES string of the molecule is COc1cccc(CNC(=O)[C@@H]2COC(=O)N2Cc2ccc(O)cc2)c1. The molecule has 1 aliphatic heterocycles. The van der Waals surface area contributed by atoms with Crippen LogP contribution in [-0.2, 0) is 22.6 Å². The number of phenols is 1. The molecule has 1 fully saturated rings. The second kappa shape index (κ2) is 7.77. The molecular weight excluding hydrogens is 336 g/mol. The first-order chi connectivity index (χ1) is 12.6. The van der Waals surface area contributed by atoms with Crippen molar-refractivity contribution >= 4 is 12.0 Å². The molecule has 7 nitrogen and oxygen atoms in total. The van der Waals surface area contributed by atoms with Gasteiger partial charge in [-0.2, -0.15) is 0 Å². The zero-order valence-electron chi connectivity index (χ0n) is 14.3. The van der Waals surface area contributed by atoms with E-state index in [1.54, 1.807) is 19.2 Å². The van der Waals surface area contributed by atoms with Gasteiger partial charge in [0.15, 0.2) is 0 Å². The third-order valence-electron chi connectivity index (χ3n) is 4.17. The number of carbonyl (C=O) groups is 2. The molecule has 2 aromatic rings. The topological polar surface area (TPSA) is 88.1 Å². The Bertz CT molecular complexity index is 791. The van der Waals surface area contributed by atoms with Crippen LogP contribution in [0, 0.1) is 0 Å². The van der Waals surface area contributed by atoms with Gasteiger partial charge in [-0.05, 0) is 35.4 Å². The van der Waals surface area contributed by atoms with Crippen molar-refractivity contribution in [3.05, 3.63) is 59.7 Å². The second-order valence-electron chi connectivity index (χ2n) is 5.96. The monoisotopic (exact) mass is 356 g/mol. The highest BCUT2D eigenvalue weighted by Gasteiger charge is 2.37. The van der Waals surface area contributed by atoms with Crippen molar-refractivity contribution in [2.45, 2.75) is 19.1 Å². The van der Waals surface area contributed by atoms with E-state index in [2.05, 4.69) is 5.32 Å². The summed E-state index contributed by atoms with van der Waals surface area (Å²) in [6, 6.07) is 13.2. The second-order valence-corrected chi connectivity index (χ2v) is 5.96. The number of benzene rings is 2. The van der Waals surface area contributed by atoms with Crippen molar-refractivity contribution in [3.63, 3.8) is 0 Å². The molecule has 2 N–H and O–H groups in total. The van der Waals surface area contributed by atoms with Gasteiger partial charge in [0, 0.05) is 6.54 Å². The number of phenolic OH excluding ortho intramolecular Hbond substituents is 1. The van der Waals surface area contributed by atoms with Crippen molar-refractivity contribution in [3.8, 4) is 11.5 Å². The lowest BCUT2D eigenvalue weighted by Crippen LogP contribution is -2.45. The van der Waals surface area contributed by atoms with E-state index in [9.17, 15) is 14.7 Å². The standard InChI is InChI=1S/C19H20N2O5/c1-25-16-4-2-3-14(9-16)10-20-18(23)17-12-26-19(24)21(17)11-13-5-7-15(22)8-6-13/h2-9,17,22H,10-12H2,1H3,(H,20,23)/t17-/m0/s1. The average Bonchev–Trinajstić information content (AvgIpc) is 3.02. The fourth-order valence-corrected chi connectivity index (χ4v) is 2.73. The van der Waals surface area contributed by atoms with Crippen LogP contribution in [0.25, 0.3) is 0 Å². The third kappa shape index (κ3) is 4.05. The van der Waals surface area contributed by atoms with Gasteiger partial charge in [0.25, 0.3) is 0 Å². The maximum absolute atomic E-state index is 12.5. The van der Waals surface area contributed by atoms with Gasteiger partial charge in [-0.25, -0.2) is 4.79 Å². The van der Waals surface area contributed by atoms with E-state index in [-0.39, 0.29) is 24.8 Å². The maximum Gasteiger partial charge on any atom is 0.410 e. The van der Waals surface area contributed by atoms with Crippen LogP contribution in [0.2, 0.25) is 0 Å². The molecule has 1 saturated heterocycles. The molecule has 7 heteroatoms. The molecule has 2 aromatic carbocycles. The van der Waals surface area contributed by atoms with Crippen LogP contribution in [0.1, 0.15) is 11.1 Å². The number of hydrogen-bond donors (Lipinski definition) is 2. The Morgan fingerprint density at radius 2 is 2.04 bits per heavy atom. The van der Waals surface area contributed by atoms with Crippen LogP contribution in [-0.4, -0.2) is 41.8 Å². The summed E-state index contributed by atoms with van der Waals surface area (Å²) < 4.78 is 10.2. The number of nitrogens with one attached hydrogen (secondary N) is 1. The van der Waals surface area contributed by atoms with E-state index in [4.69, 9.17) is 9.47 Å². The van der Waals surface area contributed by atoms with Gasteiger partial charge in [-0.3, -0.25) is 9.69 Å². The van der Waals surface area contributed by atoms with Crippen LogP contribution in [0.15, 0.2) is 48.5 Å². The van der Waals surface area contributed by atoms with Crippen LogP contribution in [0.5, 0.6) is 11.5 Å². The fourth-order valence-electron chi connectivity index (χ4n) is 2.73. The minimum Gasteiger partial charge on any atom is -0.508 e. The van der Waals surface area contributed by atoms with Crippen molar-refractivity contribution in [2.75, 3.05) is 13.7 Å². The summed E-state index contributed by atoms with van der Waals surface area (Å²) in [5.74, 6) is 0.577. The van der Waals surface area contributed by atoms with Gasteiger partial charge < -0.3 is 19.9 Å². The quantitative estimate of drug-likeness (QED) is 0.827. The lowest BCUT2D eigenvalue weighted by atomic mass is 10.1. The Balaban J connectivity index is 1.63. The zero-order valence-corrected chi connectivity index (χ0v) is 14.3. The molecule has 1 aliphatic rings. The molecule has 0 radical (unpaired) electrons. The highest BCUT2D eigenvalue weighted by atomic mass is 16.6. The number of aromatic hydroxyl groups is 1. The molecule has 0 saturated carbocycles. The molecule has 0 aromatic heterocycles. The van der Waals surface area contributed by atoms with Crippen molar-refractivity contribution in [1.82, 2.24) is 10.2 Å². The van der Waals surface area contributed by atoms with Crippen molar-refractivity contribution < 1.29 is 24.2 Å². The first-order valence-corrected chi connectivity index (χ1v) is 8.19. The molecule has 0 aliphatic carbocycles. The van der Waals surface area contributed by atoms with Crippen LogP contribution in [0.4, 0.5) is 4.79 Å². The van der Waals surface area contributed by atoms with Crippen LogP contribution < -0.4 is 10.1 Å². The van der Waals surface area contributed by atoms with E-state index in [0.717, 1.165) is 11.1 Å². The minimum absolute atomic E-state index is 0.0147. The highest BCUT2D eigenvalue weighted by molar-refractivity contribution is 5.87. The first kappa shape index (κ1) is 17.6. The number of methoxy groups -OCH3 is 1. The lowest BCUT2D eigenvalue weighted by molar-refractivity contribution is -0.125. The summed E-state index contributed by atoms with van der Waals surface area (Å²) in [5.41, 5.74) is 1.69. The molecule has 2 amide bonds. The molecule has 0 unspecified atom stereocenters. The van der Waals surface area contributed by atoms with E-state index in [0.29, 0.717) is 12.3 Å². The minimum atomic E-state index is -0.693. The number of amides is 2. The smallest absolute Gasteiger partial charge is 0.410 e. The number of rotatable bonds is 6. The molecule has 1 heterocycles. The largest absolute Gasteiger partial charge is 0.508 e. The summed E-state index contributed by atoms with van der Waals surface area (Å²) >= 11 is 0. The molecule has 3 rings (SSSR count). The molecular formula is C19H20N2O5. The van der Waals surface area contributed by atoms with Gasteiger partial charge in [-0.1, -0.05) is 24.3 Å². The summed E-state index contributed by atoms with van der Waals surface area (Å²) in [4.78, 5) is 25.9. The van der Waals surface area contributed by atoms with Gasteiger partial charge in [0.05, 0.1) is 13.7 Å². The Hall–Kier alpha value is -3.22. The fraction of sp³-hybridized carbons (Fsp3) is 0.263. The maximum atomic E-state index is 12.5. The van der Waals surface area contributed by atoms with Gasteiger partial charge in [0.2, 0.25) is 5.91 Å². The van der Waals surface area contributed by atoms with Crippen molar-refractivity contribution in [2.24, 2.45) is 0 Å². The Morgan fingerprint density at radius 1 is 1.27 bits per heavy atom. The summed E-state index contributed by atoms with van der Waals surface area (Å²) in [6.45, 7) is 0.574. The van der Waals surface area contributed by atoms with E-state index >= 15 is 0 Å². The van der Waals surface area contributed by atoms with E-state index in [1.807, 2.05) is 24.3 Å². The van der Waals surface area contributed by atoms with Gasteiger partial charge in [0.1, 0.15) is 24.1 Å². The van der Waals surface area contributed by atoms with Gasteiger partial charge >= 0.3 is 6.09 Å². The number of nitrogens with zero attached hydrogens (tertiary/aromatic N) is 1. The molecule has 136 valence electrons. The molecule has 1 atom stereocenters. The van der Waals surface area contributed by atoms with E-state index < -0.39 is 12.1 Å². The van der Waals surface area contributed by atoms with Crippen molar-refractivity contribution in [1.29, 1.82) is 0 Å². The highest BCUT2D eigenvalue weighted by Crippen LogP contribution is 2.19. The summed E-state index contributed by atoms with van der Waals surface area (Å²) in [6.07, 6.45) is -0.528. The predicted octanol–water partition coefficient (Wildman–Crippen LogP) is 2.04. The Kier molecular flexibility index (Phi) is 5.26. The molecule has 26 heavy (non-hydrogen) atoms. The molecule has 0 bridgehead atoms. The Morgan fingerprint density at radius 3 is 2.77 bits per heavy atom.